The van der Waals surface area contributed by atoms with E-state index < -0.39 is 5.82 Å². The molecule has 1 atom stereocenters. The molecular weight excluding hydrogens is 245 g/mol. The first-order chi connectivity index (χ1) is 9.25. The average molecular weight is 263 g/mol. The lowest BCUT2D eigenvalue weighted by molar-refractivity contribution is -0.161. The molecule has 0 bridgehead atoms. The molecule has 0 spiro atoms. The molecule has 0 aliphatic carbocycles. The summed E-state index contributed by atoms with van der Waals surface area (Å²) >= 11 is 0. The Morgan fingerprint density at radius 3 is 3.05 bits per heavy atom. The van der Waals surface area contributed by atoms with E-state index in [1.165, 1.54) is 12.1 Å². The fourth-order valence-electron chi connectivity index (χ4n) is 1.85. The summed E-state index contributed by atoms with van der Waals surface area (Å²) in [5, 5.41) is 0. The Morgan fingerprint density at radius 1 is 1.42 bits per heavy atom. The van der Waals surface area contributed by atoms with Crippen molar-refractivity contribution < 1.29 is 13.9 Å². The monoisotopic (exact) mass is 263 g/mol. The van der Waals surface area contributed by atoms with Crippen LogP contribution in [0.3, 0.4) is 0 Å². The zero-order valence-electron chi connectivity index (χ0n) is 10.8. The SMILES string of the molecule is Nc1ccc(C#CCCOC2CCCCO2)cc1F. The first-order valence-corrected chi connectivity index (χ1v) is 6.53. The minimum absolute atomic E-state index is 0.0791. The van der Waals surface area contributed by atoms with Crippen LogP contribution in [-0.2, 0) is 9.47 Å². The second-order valence-corrected chi connectivity index (χ2v) is 4.45. The van der Waals surface area contributed by atoms with Gasteiger partial charge in [-0.25, -0.2) is 4.39 Å². The van der Waals surface area contributed by atoms with Gasteiger partial charge in [0, 0.05) is 18.6 Å². The Labute approximate surface area is 112 Å². The number of nitrogens with two attached hydrogens (primary N) is 1. The van der Waals surface area contributed by atoms with E-state index in [2.05, 4.69) is 11.8 Å². The normalized spacial score (nSPS) is 18.7. The molecule has 0 aromatic heterocycles. The smallest absolute Gasteiger partial charge is 0.157 e. The Bertz CT molecular complexity index is 473. The molecule has 1 saturated heterocycles. The maximum Gasteiger partial charge on any atom is 0.157 e. The second-order valence-electron chi connectivity index (χ2n) is 4.45. The lowest BCUT2D eigenvalue weighted by Gasteiger charge is -2.22. The van der Waals surface area contributed by atoms with Crippen molar-refractivity contribution >= 4 is 5.69 Å². The molecule has 0 saturated carbocycles. The van der Waals surface area contributed by atoms with E-state index in [0.29, 0.717) is 18.6 Å². The van der Waals surface area contributed by atoms with Gasteiger partial charge in [-0.2, -0.15) is 0 Å². The first kappa shape index (κ1) is 13.9. The van der Waals surface area contributed by atoms with Gasteiger partial charge < -0.3 is 15.2 Å². The van der Waals surface area contributed by atoms with E-state index in [1.807, 2.05) is 0 Å². The number of benzene rings is 1. The van der Waals surface area contributed by atoms with Crippen LogP contribution < -0.4 is 5.73 Å². The van der Waals surface area contributed by atoms with Crippen molar-refractivity contribution in [2.75, 3.05) is 18.9 Å². The number of hydrogen-bond acceptors (Lipinski definition) is 3. The fourth-order valence-corrected chi connectivity index (χ4v) is 1.85. The van der Waals surface area contributed by atoms with E-state index in [4.69, 9.17) is 15.2 Å². The first-order valence-electron chi connectivity index (χ1n) is 6.53. The third-order valence-electron chi connectivity index (χ3n) is 2.90. The molecule has 1 unspecified atom stereocenters. The summed E-state index contributed by atoms with van der Waals surface area (Å²) in [6.07, 6.45) is 3.75. The highest BCUT2D eigenvalue weighted by atomic mass is 19.1. The van der Waals surface area contributed by atoms with Crippen molar-refractivity contribution in [1.29, 1.82) is 0 Å². The Morgan fingerprint density at radius 2 is 2.32 bits per heavy atom. The summed E-state index contributed by atoms with van der Waals surface area (Å²) in [5.74, 6) is 5.40. The minimum Gasteiger partial charge on any atom is -0.396 e. The summed E-state index contributed by atoms with van der Waals surface area (Å²) in [6.45, 7) is 1.32. The molecule has 3 nitrogen and oxygen atoms in total. The maximum absolute atomic E-state index is 13.2. The average Bonchev–Trinajstić information content (AvgIpc) is 2.43. The van der Waals surface area contributed by atoms with E-state index >= 15 is 0 Å². The standard InChI is InChI=1S/C15H18FNO2/c16-13-11-12(7-8-14(13)17)5-1-3-9-18-15-6-2-4-10-19-15/h7-8,11,15H,2-4,6,9-10,17H2. The van der Waals surface area contributed by atoms with Gasteiger partial charge in [-0.3, -0.25) is 0 Å². The molecule has 1 aromatic rings. The zero-order chi connectivity index (χ0) is 13.5. The molecule has 0 radical (unpaired) electrons. The van der Waals surface area contributed by atoms with Gasteiger partial charge in [-0.1, -0.05) is 11.8 Å². The van der Waals surface area contributed by atoms with Crippen molar-refractivity contribution in [3.63, 3.8) is 0 Å². The van der Waals surface area contributed by atoms with Crippen molar-refractivity contribution in [1.82, 2.24) is 0 Å². The van der Waals surface area contributed by atoms with Crippen molar-refractivity contribution in [3.8, 4) is 11.8 Å². The summed E-state index contributed by atoms with van der Waals surface area (Å²) in [4.78, 5) is 0. The quantitative estimate of drug-likeness (QED) is 0.518. The van der Waals surface area contributed by atoms with Crippen LogP contribution in [0.2, 0.25) is 0 Å². The summed E-state index contributed by atoms with van der Waals surface area (Å²) < 4.78 is 24.1. The Balaban J connectivity index is 1.73. The van der Waals surface area contributed by atoms with Gasteiger partial charge >= 0.3 is 0 Å². The number of hydrogen-bond donors (Lipinski definition) is 1. The van der Waals surface area contributed by atoms with Gasteiger partial charge in [0.15, 0.2) is 6.29 Å². The fraction of sp³-hybridized carbons (Fsp3) is 0.467. The van der Waals surface area contributed by atoms with Crippen LogP contribution in [0.25, 0.3) is 0 Å². The van der Waals surface area contributed by atoms with Crippen LogP contribution in [0, 0.1) is 17.7 Å². The third-order valence-corrected chi connectivity index (χ3v) is 2.90. The van der Waals surface area contributed by atoms with Gasteiger partial charge in [0.2, 0.25) is 0 Å². The third kappa shape index (κ3) is 4.55. The molecule has 2 N–H and O–H groups in total. The van der Waals surface area contributed by atoms with Gasteiger partial charge in [0.25, 0.3) is 0 Å². The summed E-state index contributed by atoms with van der Waals surface area (Å²) in [6, 6.07) is 4.57. The summed E-state index contributed by atoms with van der Waals surface area (Å²) in [5.41, 5.74) is 6.16. The van der Waals surface area contributed by atoms with Crippen LogP contribution in [0.15, 0.2) is 18.2 Å². The molecule has 1 aliphatic rings. The minimum atomic E-state index is -0.432. The van der Waals surface area contributed by atoms with Gasteiger partial charge in [-0.15, -0.1) is 0 Å². The number of anilines is 1. The highest BCUT2D eigenvalue weighted by Gasteiger charge is 2.12. The zero-order valence-corrected chi connectivity index (χ0v) is 10.8. The molecule has 4 heteroatoms. The lowest BCUT2D eigenvalue weighted by atomic mass is 10.2. The molecule has 1 fully saturated rings. The van der Waals surface area contributed by atoms with Crippen LogP contribution in [0.5, 0.6) is 0 Å². The van der Waals surface area contributed by atoms with E-state index in [-0.39, 0.29) is 12.0 Å². The van der Waals surface area contributed by atoms with E-state index in [1.54, 1.807) is 6.07 Å². The number of rotatable bonds is 3. The maximum atomic E-state index is 13.2. The molecule has 0 amide bonds. The van der Waals surface area contributed by atoms with Crippen LogP contribution >= 0.6 is 0 Å². The largest absolute Gasteiger partial charge is 0.396 e. The topological polar surface area (TPSA) is 44.5 Å². The van der Waals surface area contributed by atoms with Gasteiger partial charge in [-0.05, 0) is 37.5 Å². The Kier molecular flexibility index (Phi) is 5.20. The number of nitrogen functional groups attached to an aromatic ring is 1. The second kappa shape index (κ2) is 7.13. The van der Waals surface area contributed by atoms with Crippen molar-refractivity contribution in [2.45, 2.75) is 32.0 Å². The molecule has 1 aromatic carbocycles. The predicted molar refractivity (Wildman–Crippen MR) is 71.9 cm³/mol. The summed E-state index contributed by atoms with van der Waals surface area (Å²) in [7, 11) is 0. The highest BCUT2D eigenvalue weighted by Crippen LogP contribution is 2.13. The number of halogens is 1. The molecule has 19 heavy (non-hydrogen) atoms. The van der Waals surface area contributed by atoms with Crippen LogP contribution in [-0.4, -0.2) is 19.5 Å². The van der Waals surface area contributed by atoms with E-state index in [9.17, 15) is 4.39 Å². The van der Waals surface area contributed by atoms with Crippen LogP contribution in [0.1, 0.15) is 31.2 Å². The number of ether oxygens (including phenoxy) is 2. The highest BCUT2D eigenvalue weighted by molar-refractivity contribution is 5.46. The lowest BCUT2D eigenvalue weighted by Crippen LogP contribution is -2.22. The molecule has 1 heterocycles. The van der Waals surface area contributed by atoms with Gasteiger partial charge in [0.1, 0.15) is 5.82 Å². The molecule has 1 aliphatic heterocycles. The molecule has 102 valence electrons. The van der Waals surface area contributed by atoms with Crippen molar-refractivity contribution in [2.24, 2.45) is 0 Å². The molecular formula is C15H18FNO2. The molecule has 2 rings (SSSR count). The van der Waals surface area contributed by atoms with E-state index in [0.717, 1.165) is 25.9 Å². The van der Waals surface area contributed by atoms with Gasteiger partial charge in [0.05, 0.1) is 12.3 Å². The van der Waals surface area contributed by atoms with Crippen molar-refractivity contribution in [3.05, 3.63) is 29.6 Å². The predicted octanol–water partition coefficient (Wildman–Crippen LogP) is 2.69. The van der Waals surface area contributed by atoms with Crippen LogP contribution in [0.4, 0.5) is 10.1 Å². The Hall–Kier alpha value is -1.57.